The Hall–Kier alpha value is 0. The first-order valence-electron chi connectivity index (χ1n) is 9.08. The molecule has 0 atom stereocenters. The molecule has 24 heavy (non-hydrogen) atoms. The van der Waals surface area contributed by atoms with Crippen LogP contribution >= 0.6 is 0 Å². The van der Waals surface area contributed by atoms with E-state index in [4.69, 9.17) is 0 Å². The van der Waals surface area contributed by atoms with Gasteiger partial charge in [-0.05, 0) is 23.7 Å². The first kappa shape index (κ1) is 49.6. The first-order chi connectivity index (χ1) is 9.08. The van der Waals surface area contributed by atoms with Crippen LogP contribution < -0.4 is 0 Å². The summed E-state index contributed by atoms with van der Waals surface area (Å²) in [7, 11) is 0. The van der Waals surface area contributed by atoms with Crippen molar-refractivity contribution in [3.63, 3.8) is 0 Å². The summed E-state index contributed by atoms with van der Waals surface area (Å²) in [5, 5.41) is 0. The van der Waals surface area contributed by atoms with Crippen molar-refractivity contribution < 1.29 is 0 Å². The minimum absolute atomic E-state index is 0. The second-order valence-electron chi connectivity index (χ2n) is 7.21. The molecule has 0 unspecified atom stereocenters. The molecule has 160 valence electrons. The zero-order valence-electron chi connectivity index (χ0n) is 17.1. The zero-order valence-corrected chi connectivity index (χ0v) is 17.1. The van der Waals surface area contributed by atoms with Gasteiger partial charge in [-0.25, -0.2) is 0 Å². The highest BCUT2D eigenvalue weighted by atomic mass is 13.9. The summed E-state index contributed by atoms with van der Waals surface area (Å²) in [6.45, 7) is 26.6. The Balaban J connectivity index is -0.0000000225. The smallest absolute Gasteiger partial charge is 0.0474 e. The SMILES string of the molecule is C.C.C.C.CCC(C)C.CCC(C)C.CCC(C)C.CCC(C)C. The predicted octanol–water partition coefficient (Wildman–Crippen LogP) is 10.8. The van der Waals surface area contributed by atoms with Crippen LogP contribution in [0, 0.1) is 23.7 Å². The molecule has 0 saturated heterocycles. The van der Waals surface area contributed by atoms with Crippen LogP contribution in [0.3, 0.4) is 0 Å². The minimum Gasteiger partial charge on any atom is -0.0776 e. The van der Waals surface area contributed by atoms with Crippen LogP contribution in [0.2, 0.25) is 0 Å². The highest BCUT2D eigenvalue weighted by molar-refractivity contribution is 4.34. The molecule has 0 amide bonds. The van der Waals surface area contributed by atoms with Gasteiger partial charge in [0.2, 0.25) is 0 Å². The summed E-state index contributed by atoms with van der Waals surface area (Å²) < 4.78 is 0. The van der Waals surface area contributed by atoms with E-state index in [0.29, 0.717) is 0 Å². The van der Waals surface area contributed by atoms with Gasteiger partial charge < -0.3 is 0 Å². The molecule has 0 nitrogen and oxygen atoms in total. The van der Waals surface area contributed by atoms with Crippen LogP contribution in [0.4, 0.5) is 0 Å². The molecule has 0 N–H and O–H groups in total. The molecule has 0 radical (unpaired) electrons. The molecule has 0 bridgehead atoms. The summed E-state index contributed by atoms with van der Waals surface area (Å²) >= 11 is 0. The van der Waals surface area contributed by atoms with E-state index in [9.17, 15) is 0 Å². The molecule has 0 aromatic rings. The van der Waals surface area contributed by atoms with Gasteiger partial charge in [-0.15, -0.1) is 0 Å². The second-order valence-corrected chi connectivity index (χ2v) is 7.21. The van der Waals surface area contributed by atoms with Gasteiger partial charge >= 0.3 is 0 Å². The fourth-order valence-electron chi connectivity index (χ4n) is 0. The fraction of sp³-hybridized carbons (Fsp3) is 1.00. The van der Waals surface area contributed by atoms with Gasteiger partial charge in [0.25, 0.3) is 0 Å². The third kappa shape index (κ3) is 152. The molecule has 0 fully saturated rings. The Kier molecular flexibility index (Phi) is 89.9. The van der Waals surface area contributed by atoms with Crippen LogP contribution in [-0.2, 0) is 0 Å². The van der Waals surface area contributed by atoms with E-state index in [0.717, 1.165) is 23.7 Å². The molecular formula is C24H64. The largest absolute Gasteiger partial charge is 0.0776 e. The van der Waals surface area contributed by atoms with Gasteiger partial charge in [0.05, 0.1) is 0 Å². The van der Waals surface area contributed by atoms with Gasteiger partial charge in [0.1, 0.15) is 0 Å². The molecule has 0 aliphatic carbocycles. The maximum atomic E-state index is 2.22. The predicted molar refractivity (Wildman–Crippen MR) is 127 cm³/mol. The molecule has 0 spiro atoms. The summed E-state index contributed by atoms with van der Waals surface area (Å²) in [4.78, 5) is 0. The van der Waals surface area contributed by atoms with Crippen LogP contribution in [0.15, 0.2) is 0 Å². The van der Waals surface area contributed by atoms with Crippen LogP contribution in [0.1, 0.15) is 138 Å². The van der Waals surface area contributed by atoms with Gasteiger partial charge in [0, 0.05) is 0 Å². The lowest BCUT2D eigenvalue weighted by Crippen LogP contribution is -1.77. The van der Waals surface area contributed by atoms with Crippen molar-refractivity contribution in [1.82, 2.24) is 0 Å². The molecule has 0 aromatic carbocycles. The van der Waals surface area contributed by atoms with E-state index in [-0.39, 0.29) is 29.7 Å². The lowest BCUT2D eigenvalue weighted by molar-refractivity contribution is 0.626. The summed E-state index contributed by atoms with van der Waals surface area (Å²) in [5.74, 6) is 3.54. The maximum Gasteiger partial charge on any atom is -0.0474 e. The van der Waals surface area contributed by atoms with Crippen molar-refractivity contribution in [1.29, 1.82) is 0 Å². The average molecular weight is 353 g/mol. The third-order valence-corrected chi connectivity index (χ3v) is 3.27. The van der Waals surface area contributed by atoms with Gasteiger partial charge in [-0.1, -0.05) is 138 Å². The minimum atomic E-state index is 0. The van der Waals surface area contributed by atoms with Crippen molar-refractivity contribution >= 4 is 0 Å². The van der Waals surface area contributed by atoms with E-state index in [1.54, 1.807) is 0 Å². The highest BCUT2D eigenvalue weighted by Gasteiger charge is 1.81. The van der Waals surface area contributed by atoms with Gasteiger partial charge in [-0.2, -0.15) is 0 Å². The summed E-state index contributed by atoms with van der Waals surface area (Å²) in [6, 6.07) is 0. The standard InChI is InChI=1S/4C5H12.4CH4/c4*1-4-5(2)3;;;;/h4*5H,4H2,1-3H3;4*1H4. The highest BCUT2D eigenvalue weighted by Crippen LogP contribution is 1.95. The molecule has 0 aliphatic rings. The number of rotatable bonds is 4. The lowest BCUT2D eigenvalue weighted by atomic mass is 10.2. The van der Waals surface area contributed by atoms with Crippen molar-refractivity contribution in [3.05, 3.63) is 0 Å². The third-order valence-electron chi connectivity index (χ3n) is 3.27. The Morgan fingerprint density at radius 2 is 0.375 bits per heavy atom. The lowest BCUT2D eigenvalue weighted by Gasteiger charge is -1.90. The molecular weight excluding hydrogens is 288 g/mol. The normalized spacial score (nSPS) is 8.00. The van der Waals surface area contributed by atoms with Crippen molar-refractivity contribution in [3.8, 4) is 0 Å². The summed E-state index contributed by atoms with van der Waals surface area (Å²) in [6.07, 6.45) is 5.22. The number of hydrogen-bond acceptors (Lipinski definition) is 0. The van der Waals surface area contributed by atoms with E-state index in [1.807, 2.05) is 0 Å². The molecule has 0 saturated carbocycles. The van der Waals surface area contributed by atoms with Crippen LogP contribution in [0.5, 0.6) is 0 Å². The Morgan fingerprint density at radius 1 is 0.333 bits per heavy atom. The van der Waals surface area contributed by atoms with E-state index < -0.39 is 0 Å². The summed E-state index contributed by atoms with van der Waals surface area (Å²) in [5.41, 5.74) is 0. The first-order valence-corrected chi connectivity index (χ1v) is 9.08. The quantitative estimate of drug-likeness (QED) is 0.471. The monoisotopic (exact) mass is 353 g/mol. The van der Waals surface area contributed by atoms with Gasteiger partial charge in [-0.3, -0.25) is 0 Å². The van der Waals surface area contributed by atoms with Gasteiger partial charge in [0.15, 0.2) is 0 Å². The average Bonchev–Trinajstić information content (AvgIpc) is 2.40. The molecule has 0 rings (SSSR count). The Morgan fingerprint density at radius 3 is 0.375 bits per heavy atom. The van der Waals surface area contributed by atoms with Crippen molar-refractivity contribution in [2.45, 2.75) is 138 Å². The van der Waals surface area contributed by atoms with Crippen LogP contribution in [-0.4, -0.2) is 0 Å². The zero-order chi connectivity index (χ0) is 17.1. The van der Waals surface area contributed by atoms with E-state index >= 15 is 0 Å². The van der Waals surface area contributed by atoms with Crippen molar-refractivity contribution in [2.24, 2.45) is 23.7 Å². The van der Waals surface area contributed by atoms with E-state index in [1.165, 1.54) is 25.7 Å². The fourth-order valence-corrected chi connectivity index (χ4v) is 0. The van der Waals surface area contributed by atoms with Crippen LogP contribution in [0.25, 0.3) is 0 Å². The molecule has 0 aliphatic heterocycles. The molecule has 0 heterocycles. The topological polar surface area (TPSA) is 0 Å². The van der Waals surface area contributed by atoms with Crippen molar-refractivity contribution in [2.75, 3.05) is 0 Å². The Bertz CT molecular complexity index is 88.0. The molecule has 0 heteroatoms. The number of hydrogen-bond donors (Lipinski definition) is 0. The Labute approximate surface area is 162 Å². The molecule has 0 aromatic heterocycles. The second kappa shape index (κ2) is 43.5. The van der Waals surface area contributed by atoms with E-state index in [2.05, 4.69) is 83.1 Å². The maximum absolute atomic E-state index is 2.22.